The highest BCUT2D eigenvalue weighted by molar-refractivity contribution is 7.89. The number of thiophene rings is 1. The summed E-state index contributed by atoms with van der Waals surface area (Å²) in [4.78, 5) is 3.29. The Kier molecular flexibility index (Phi) is 5.09. The van der Waals surface area contributed by atoms with Crippen LogP contribution in [0.25, 0.3) is 0 Å². The summed E-state index contributed by atoms with van der Waals surface area (Å²) in [6.07, 6.45) is 0. The third-order valence-corrected chi connectivity index (χ3v) is 6.18. The Bertz CT molecular complexity index is 788. The van der Waals surface area contributed by atoms with Crippen LogP contribution in [0.5, 0.6) is 11.5 Å². The van der Waals surface area contributed by atoms with Gasteiger partial charge in [-0.1, -0.05) is 6.07 Å². The number of fused-ring (bicyclic) bond motifs is 1. The van der Waals surface area contributed by atoms with Crippen molar-refractivity contribution in [3.63, 3.8) is 0 Å². The highest BCUT2D eigenvalue weighted by atomic mass is 32.2. The smallest absolute Gasteiger partial charge is 0.240 e. The van der Waals surface area contributed by atoms with Gasteiger partial charge in [-0.3, -0.25) is 0 Å². The van der Waals surface area contributed by atoms with Gasteiger partial charge in [-0.05, 0) is 37.7 Å². The van der Waals surface area contributed by atoms with Gasteiger partial charge in [0.2, 0.25) is 10.0 Å². The lowest BCUT2D eigenvalue weighted by Gasteiger charge is -2.24. The zero-order valence-corrected chi connectivity index (χ0v) is 15.2. The standard InChI is InChI=1S/C16H20N2O4S2/c1-18(2)13(16-4-3-9-23-16)11-17-24(19,20)12-5-6-14-15(10-12)22-8-7-21-14/h3-6,9-10,13,17H,7-8,11H2,1-2H3/t13-/m0/s1. The third-order valence-electron chi connectivity index (χ3n) is 3.79. The molecular weight excluding hydrogens is 348 g/mol. The van der Waals surface area contributed by atoms with Crippen LogP contribution in [0.3, 0.4) is 0 Å². The Balaban J connectivity index is 1.76. The molecule has 0 bridgehead atoms. The van der Waals surface area contributed by atoms with E-state index in [4.69, 9.17) is 9.47 Å². The molecule has 0 amide bonds. The Morgan fingerprint density at radius 3 is 2.62 bits per heavy atom. The molecule has 0 radical (unpaired) electrons. The Labute approximate surface area is 146 Å². The molecule has 0 unspecified atom stereocenters. The number of nitrogens with zero attached hydrogens (tertiary/aromatic N) is 1. The zero-order chi connectivity index (χ0) is 17.2. The number of likely N-dealkylation sites (N-methyl/N-ethyl adjacent to an activating group) is 1. The maximum absolute atomic E-state index is 12.6. The molecule has 1 atom stereocenters. The molecule has 1 aromatic heterocycles. The van der Waals surface area contributed by atoms with Gasteiger partial charge >= 0.3 is 0 Å². The summed E-state index contributed by atoms with van der Waals surface area (Å²) in [5.41, 5.74) is 0. The molecule has 1 aromatic carbocycles. The van der Waals surface area contributed by atoms with Gasteiger partial charge in [-0.2, -0.15) is 0 Å². The van der Waals surface area contributed by atoms with Gasteiger partial charge in [-0.15, -0.1) is 11.3 Å². The van der Waals surface area contributed by atoms with E-state index in [0.29, 0.717) is 31.3 Å². The summed E-state index contributed by atoms with van der Waals surface area (Å²) in [7, 11) is 0.246. The Morgan fingerprint density at radius 1 is 1.21 bits per heavy atom. The zero-order valence-electron chi connectivity index (χ0n) is 13.6. The van der Waals surface area contributed by atoms with Crippen molar-refractivity contribution >= 4 is 21.4 Å². The number of hydrogen-bond acceptors (Lipinski definition) is 6. The molecule has 8 heteroatoms. The van der Waals surface area contributed by atoms with Gasteiger partial charge in [0, 0.05) is 17.5 Å². The summed E-state index contributed by atoms with van der Waals surface area (Å²) in [5, 5.41) is 1.99. The number of nitrogens with one attached hydrogen (secondary N) is 1. The lowest BCUT2D eigenvalue weighted by Crippen LogP contribution is -2.34. The van der Waals surface area contributed by atoms with Crippen LogP contribution in [0.1, 0.15) is 10.9 Å². The minimum absolute atomic E-state index is 0.0167. The normalized spacial score (nSPS) is 15.5. The maximum Gasteiger partial charge on any atom is 0.240 e. The van der Waals surface area contributed by atoms with Crippen LogP contribution < -0.4 is 14.2 Å². The second kappa shape index (κ2) is 7.10. The van der Waals surface area contributed by atoms with E-state index in [9.17, 15) is 8.42 Å². The second-order valence-electron chi connectivity index (χ2n) is 5.65. The largest absolute Gasteiger partial charge is 0.486 e. The lowest BCUT2D eigenvalue weighted by molar-refractivity contribution is 0.171. The Hall–Kier alpha value is -1.61. The van der Waals surface area contributed by atoms with E-state index in [2.05, 4.69) is 4.72 Å². The summed E-state index contributed by atoms with van der Waals surface area (Å²) < 4.78 is 38.8. The molecule has 3 rings (SSSR count). The van der Waals surface area contributed by atoms with Gasteiger partial charge < -0.3 is 14.4 Å². The molecule has 0 fully saturated rings. The van der Waals surface area contributed by atoms with Crippen molar-refractivity contribution in [2.75, 3.05) is 33.9 Å². The molecule has 0 aliphatic carbocycles. The van der Waals surface area contributed by atoms with Crippen LogP contribution in [0, 0.1) is 0 Å². The minimum atomic E-state index is -3.62. The molecule has 1 aliphatic rings. The summed E-state index contributed by atoms with van der Waals surface area (Å²) in [6, 6.07) is 8.63. The quantitative estimate of drug-likeness (QED) is 0.846. The molecule has 6 nitrogen and oxygen atoms in total. The van der Waals surface area contributed by atoms with Crippen molar-refractivity contribution in [2.45, 2.75) is 10.9 Å². The fraction of sp³-hybridized carbons (Fsp3) is 0.375. The predicted octanol–water partition coefficient (Wildman–Crippen LogP) is 2.10. The number of hydrogen-bond donors (Lipinski definition) is 1. The van der Waals surface area contributed by atoms with Gasteiger partial charge in [-0.25, -0.2) is 13.1 Å². The van der Waals surface area contributed by atoms with Crippen LogP contribution in [-0.4, -0.2) is 47.2 Å². The molecule has 24 heavy (non-hydrogen) atoms. The third kappa shape index (κ3) is 3.72. The number of ether oxygens (including phenoxy) is 2. The molecule has 130 valence electrons. The highest BCUT2D eigenvalue weighted by Crippen LogP contribution is 2.32. The van der Waals surface area contributed by atoms with Gasteiger partial charge in [0.25, 0.3) is 0 Å². The van der Waals surface area contributed by atoms with E-state index in [0.717, 1.165) is 4.88 Å². The van der Waals surface area contributed by atoms with E-state index in [1.807, 2.05) is 36.5 Å². The molecular formula is C16H20N2O4S2. The van der Waals surface area contributed by atoms with Gasteiger partial charge in [0.1, 0.15) is 13.2 Å². The first-order valence-corrected chi connectivity index (χ1v) is 9.93. The maximum atomic E-state index is 12.6. The van der Waals surface area contributed by atoms with E-state index in [1.54, 1.807) is 17.4 Å². The summed E-state index contributed by atoms with van der Waals surface area (Å²) >= 11 is 1.61. The van der Waals surface area contributed by atoms with Crippen LogP contribution >= 0.6 is 11.3 Å². The lowest BCUT2D eigenvalue weighted by atomic mass is 10.2. The Morgan fingerprint density at radius 2 is 1.96 bits per heavy atom. The van der Waals surface area contributed by atoms with Crippen molar-refractivity contribution in [3.8, 4) is 11.5 Å². The number of rotatable bonds is 6. The first kappa shape index (κ1) is 17.2. The van der Waals surface area contributed by atoms with Crippen molar-refractivity contribution in [2.24, 2.45) is 0 Å². The predicted molar refractivity (Wildman–Crippen MR) is 93.4 cm³/mol. The van der Waals surface area contributed by atoms with E-state index in [1.165, 1.54) is 12.1 Å². The highest BCUT2D eigenvalue weighted by Gasteiger charge is 2.22. The first-order chi connectivity index (χ1) is 11.5. The molecule has 1 N–H and O–H groups in total. The average Bonchev–Trinajstić information content (AvgIpc) is 3.08. The van der Waals surface area contributed by atoms with Crippen LogP contribution in [0.2, 0.25) is 0 Å². The van der Waals surface area contributed by atoms with Crippen molar-refractivity contribution < 1.29 is 17.9 Å². The monoisotopic (exact) mass is 368 g/mol. The molecule has 2 aromatic rings. The molecule has 2 heterocycles. The van der Waals surface area contributed by atoms with Crippen molar-refractivity contribution in [1.82, 2.24) is 9.62 Å². The molecule has 0 spiro atoms. The number of benzene rings is 1. The van der Waals surface area contributed by atoms with Crippen molar-refractivity contribution in [1.29, 1.82) is 0 Å². The van der Waals surface area contributed by atoms with Crippen LogP contribution in [0.4, 0.5) is 0 Å². The second-order valence-corrected chi connectivity index (χ2v) is 8.40. The molecule has 0 saturated heterocycles. The fourth-order valence-electron chi connectivity index (χ4n) is 2.48. The van der Waals surface area contributed by atoms with Crippen LogP contribution in [0.15, 0.2) is 40.6 Å². The van der Waals surface area contributed by atoms with E-state index >= 15 is 0 Å². The summed E-state index contributed by atoms with van der Waals surface area (Å²) in [5.74, 6) is 1.04. The summed E-state index contributed by atoms with van der Waals surface area (Å²) in [6.45, 7) is 1.19. The van der Waals surface area contributed by atoms with Gasteiger partial charge in [0.15, 0.2) is 11.5 Å². The van der Waals surface area contributed by atoms with Crippen molar-refractivity contribution in [3.05, 3.63) is 40.6 Å². The average molecular weight is 368 g/mol. The van der Waals surface area contributed by atoms with Gasteiger partial charge in [0.05, 0.1) is 10.9 Å². The van der Waals surface area contributed by atoms with Crippen LogP contribution in [-0.2, 0) is 10.0 Å². The minimum Gasteiger partial charge on any atom is -0.486 e. The SMILES string of the molecule is CN(C)[C@@H](CNS(=O)(=O)c1ccc2c(c1)OCCO2)c1cccs1. The number of sulfonamides is 1. The van der Waals surface area contributed by atoms with E-state index in [-0.39, 0.29) is 10.9 Å². The molecule has 1 aliphatic heterocycles. The first-order valence-electron chi connectivity index (χ1n) is 7.56. The fourth-order valence-corrected chi connectivity index (χ4v) is 4.46. The molecule has 0 saturated carbocycles. The topological polar surface area (TPSA) is 67.9 Å². The van der Waals surface area contributed by atoms with E-state index < -0.39 is 10.0 Å².